The van der Waals surface area contributed by atoms with Gasteiger partial charge in [0, 0.05) is 12.3 Å². The average molecular weight is 101 g/mol. The predicted octanol–water partition coefficient (Wildman–Crippen LogP) is -0.656. The second kappa shape index (κ2) is 1.81. The van der Waals surface area contributed by atoms with Crippen molar-refractivity contribution in [1.82, 2.24) is 16.1 Å². The molecule has 1 heterocycles. The molecule has 0 atom stereocenters. The first-order valence-electron chi connectivity index (χ1n) is 1.99. The van der Waals surface area contributed by atoms with Crippen molar-refractivity contribution in [1.29, 1.82) is 0 Å². The Kier molecular flexibility index (Phi) is 1.14. The Morgan fingerprint density at radius 2 is 2.71 bits per heavy atom. The van der Waals surface area contributed by atoms with Crippen molar-refractivity contribution in [3.63, 3.8) is 0 Å². The lowest BCUT2D eigenvalue weighted by molar-refractivity contribution is -0.151. The third-order valence-electron chi connectivity index (χ3n) is 0.629. The van der Waals surface area contributed by atoms with Gasteiger partial charge < -0.3 is 4.84 Å². The van der Waals surface area contributed by atoms with Crippen molar-refractivity contribution in [2.75, 3.05) is 7.05 Å². The van der Waals surface area contributed by atoms with E-state index in [1.165, 1.54) is 11.5 Å². The quantitative estimate of drug-likeness (QED) is 0.460. The van der Waals surface area contributed by atoms with Crippen LogP contribution >= 0.6 is 0 Å². The van der Waals surface area contributed by atoms with E-state index < -0.39 is 0 Å². The van der Waals surface area contributed by atoms with Crippen molar-refractivity contribution in [3.05, 3.63) is 12.5 Å². The summed E-state index contributed by atoms with van der Waals surface area (Å²) in [5.41, 5.74) is 5.43. The predicted molar refractivity (Wildman–Crippen MR) is 24.3 cm³/mol. The molecular formula is C3H7N3O. The number of nitrogens with zero attached hydrogens (tertiary/aromatic N) is 1. The van der Waals surface area contributed by atoms with E-state index in [0.29, 0.717) is 0 Å². The fourth-order valence-electron chi connectivity index (χ4n) is 0.337. The molecule has 0 aliphatic carbocycles. The summed E-state index contributed by atoms with van der Waals surface area (Å²) in [6.07, 6.45) is 3.22. The number of hydrazine groups is 2. The van der Waals surface area contributed by atoms with Gasteiger partial charge in [0.2, 0.25) is 0 Å². The molecule has 0 spiro atoms. The summed E-state index contributed by atoms with van der Waals surface area (Å²) in [5.74, 6) is 0. The smallest absolute Gasteiger partial charge is 0.133 e. The van der Waals surface area contributed by atoms with Crippen LogP contribution in [-0.4, -0.2) is 12.3 Å². The molecule has 2 N–H and O–H groups in total. The van der Waals surface area contributed by atoms with E-state index in [2.05, 4.69) is 10.9 Å². The SMILES string of the molecule is CNN1NC=CO1. The van der Waals surface area contributed by atoms with Crippen LogP contribution in [0.25, 0.3) is 0 Å². The van der Waals surface area contributed by atoms with Gasteiger partial charge >= 0.3 is 0 Å². The maximum Gasteiger partial charge on any atom is 0.133 e. The fourth-order valence-corrected chi connectivity index (χ4v) is 0.337. The van der Waals surface area contributed by atoms with E-state index in [1.807, 2.05) is 0 Å². The molecule has 0 aromatic carbocycles. The van der Waals surface area contributed by atoms with Crippen LogP contribution in [0.2, 0.25) is 0 Å². The minimum atomic E-state index is 1.38. The molecule has 1 rings (SSSR count). The molecular weight excluding hydrogens is 94.1 g/mol. The molecule has 40 valence electrons. The number of rotatable bonds is 1. The molecule has 4 heteroatoms. The van der Waals surface area contributed by atoms with Crippen molar-refractivity contribution in [2.45, 2.75) is 0 Å². The molecule has 4 nitrogen and oxygen atoms in total. The average Bonchev–Trinajstić information content (AvgIpc) is 2.14. The number of nitrogens with one attached hydrogen (secondary N) is 2. The van der Waals surface area contributed by atoms with Crippen LogP contribution in [0.4, 0.5) is 0 Å². The Labute approximate surface area is 41.6 Å². The van der Waals surface area contributed by atoms with Gasteiger partial charge in [-0.3, -0.25) is 5.43 Å². The van der Waals surface area contributed by atoms with Gasteiger partial charge in [0.05, 0.1) is 6.20 Å². The van der Waals surface area contributed by atoms with Crippen LogP contribution in [-0.2, 0) is 4.84 Å². The standard InChI is InChI=1S/C3H7N3O/c1-4-6-5-2-3-7-6/h2-5H,1H3. The molecule has 0 amide bonds. The molecule has 0 saturated carbocycles. The molecule has 1 aliphatic rings. The highest BCUT2D eigenvalue weighted by Crippen LogP contribution is 1.86. The van der Waals surface area contributed by atoms with E-state index in [0.717, 1.165) is 0 Å². The maximum atomic E-state index is 4.73. The molecule has 0 fully saturated rings. The Morgan fingerprint density at radius 3 is 3.00 bits per heavy atom. The fraction of sp³-hybridized carbons (Fsp3) is 0.333. The highest BCUT2D eigenvalue weighted by Gasteiger charge is 1.99. The van der Waals surface area contributed by atoms with Crippen molar-refractivity contribution >= 4 is 0 Å². The molecule has 0 aromatic heterocycles. The lowest BCUT2D eigenvalue weighted by atomic mass is 11.0. The van der Waals surface area contributed by atoms with Crippen LogP contribution in [0.15, 0.2) is 12.5 Å². The van der Waals surface area contributed by atoms with Crippen molar-refractivity contribution < 1.29 is 4.84 Å². The molecule has 0 unspecified atom stereocenters. The summed E-state index contributed by atoms with van der Waals surface area (Å²) >= 11 is 0. The summed E-state index contributed by atoms with van der Waals surface area (Å²) < 4.78 is 0. The van der Waals surface area contributed by atoms with E-state index in [1.54, 1.807) is 13.2 Å². The summed E-state index contributed by atoms with van der Waals surface area (Å²) in [4.78, 5) is 4.73. The minimum Gasteiger partial charge on any atom is -0.378 e. The molecule has 0 saturated heterocycles. The zero-order valence-electron chi connectivity index (χ0n) is 4.01. The van der Waals surface area contributed by atoms with Gasteiger partial charge in [-0.1, -0.05) is 0 Å². The Morgan fingerprint density at radius 1 is 1.86 bits per heavy atom. The number of hydrogen-bond donors (Lipinski definition) is 2. The van der Waals surface area contributed by atoms with Crippen molar-refractivity contribution in [2.24, 2.45) is 0 Å². The van der Waals surface area contributed by atoms with Gasteiger partial charge in [0.1, 0.15) is 6.26 Å². The monoisotopic (exact) mass is 101 g/mol. The van der Waals surface area contributed by atoms with Gasteiger partial charge in [-0.05, 0) is 0 Å². The zero-order chi connectivity index (χ0) is 5.11. The molecule has 0 radical (unpaired) electrons. The second-order valence-electron chi connectivity index (χ2n) is 1.06. The Bertz CT molecular complexity index is 74.2. The third-order valence-corrected chi connectivity index (χ3v) is 0.629. The van der Waals surface area contributed by atoms with Gasteiger partial charge in [-0.15, -0.1) is 0 Å². The summed E-state index contributed by atoms with van der Waals surface area (Å²) in [7, 11) is 1.75. The third kappa shape index (κ3) is 0.819. The Hall–Kier alpha value is -0.740. The van der Waals surface area contributed by atoms with Crippen LogP contribution < -0.4 is 10.9 Å². The first-order valence-corrected chi connectivity index (χ1v) is 1.99. The maximum absolute atomic E-state index is 4.73. The Balaban J connectivity index is 2.22. The molecule has 0 bridgehead atoms. The van der Waals surface area contributed by atoms with E-state index >= 15 is 0 Å². The van der Waals surface area contributed by atoms with Crippen LogP contribution in [0.3, 0.4) is 0 Å². The summed E-state index contributed by atoms with van der Waals surface area (Å²) in [5, 5.41) is 1.38. The first-order chi connectivity index (χ1) is 3.43. The van der Waals surface area contributed by atoms with Gasteiger partial charge in [0.25, 0.3) is 0 Å². The topological polar surface area (TPSA) is 36.5 Å². The van der Waals surface area contributed by atoms with Gasteiger partial charge in [-0.2, -0.15) is 0 Å². The lowest BCUT2D eigenvalue weighted by Crippen LogP contribution is -2.38. The summed E-state index contributed by atoms with van der Waals surface area (Å²) in [6.45, 7) is 0. The highest BCUT2D eigenvalue weighted by molar-refractivity contribution is 4.70. The zero-order valence-corrected chi connectivity index (χ0v) is 4.01. The van der Waals surface area contributed by atoms with E-state index in [-0.39, 0.29) is 0 Å². The highest BCUT2D eigenvalue weighted by atomic mass is 16.7. The van der Waals surface area contributed by atoms with Crippen LogP contribution in [0, 0.1) is 0 Å². The van der Waals surface area contributed by atoms with Gasteiger partial charge in [0.15, 0.2) is 0 Å². The van der Waals surface area contributed by atoms with Crippen molar-refractivity contribution in [3.8, 4) is 0 Å². The van der Waals surface area contributed by atoms with E-state index in [9.17, 15) is 0 Å². The lowest BCUT2D eigenvalue weighted by Gasteiger charge is -2.09. The second-order valence-corrected chi connectivity index (χ2v) is 1.06. The normalized spacial score (nSPS) is 19.0. The largest absolute Gasteiger partial charge is 0.378 e. The van der Waals surface area contributed by atoms with Crippen LogP contribution in [0.1, 0.15) is 0 Å². The number of hydrogen-bond acceptors (Lipinski definition) is 4. The van der Waals surface area contributed by atoms with Gasteiger partial charge in [-0.25, -0.2) is 5.43 Å². The summed E-state index contributed by atoms with van der Waals surface area (Å²) in [6, 6.07) is 0. The van der Waals surface area contributed by atoms with Crippen LogP contribution in [0.5, 0.6) is 0 Å². The van der Waals surface area contributed by atoms with E-state index in [4.69, 9.17) is 4.84 Å². The molecule has 1 aliphatic heterocycles. The molecule has 7 heavy (non-hydrogen) atoms. The molecule has 0 aromatic rings. The first kappa shape index (κ1) is 4.42. The minimum absolute atomic E-state index is 1.38.